The van der Waals surface area contributed by atoms with Crippen LogP contribution in [0.5, 0.6) is 0 Å². The Balaban J connectivity index is 1.78. The van der Waals surface area contributed by atoms with Crippen molar-refractivity contribution >= 4 is 0 Å². The summed E-state index contributed by atoms with van der Waals surface area (Å²) in [6, 6.07) is 2.93. The van der Waals surface area contributed by atoms with Crippen molar-refractivity contribution in [2.24, 2.45) is 5.73 Å². The van der Waals surface area contributed by atoms with Crippen LogP contribution in [0.25, 0.3) is 0 Å². The van der Waals surface area contributed by atoms with Crippen LogP contribution in [-0.2, 0) is 4.74 Å². The van der Waals surface area contributed by atoms with Crippen LogP contribution in [0.1, 0.15) is 37.9 Å². The zero-order valence-corrected chi connectivity index (χ0v) is 12.1. The number of pyridine rings is 1. The van der Waals surface area contributed by atoms with Crippen LogP contribution in [0.2, 0.25) is 0 Å². The lowest BCUT2D eigenvalue weighted by Crippen LogP contribution is -2.34. The van der Waals surface area contributed by atoms with Gasteiger partial charge in [-0.15, -0.1) is 0 Å². The molecule has 112 valence electrons. The minimum Gasteiger partial charge on any atom is -0.377 e. The SMILES string of the molecule is CCN(CCC(N)c1ccc(F)cn1)CC1CCCO1. The van der Waals surface area contributed by atoms with Gasteiger partial charge in [0, 0.05) is 25.7 Å². The molecule has 2 rings (SSSR count). The Morgan fingerprint density at radius 1 is 1.55 bits per heavy atom. The number of halogens is 1. The quantitative estimate of drug-likeness (QED) is 0.831. The first-order valence-corrected chi connectivity index (χ1v) is 7.40. The Morgan fingerprint density at radius 2 is 2.40 bits per heavy atom. The predicted octanol–water partition coefficient (Wildman–Crippen LogP) is 2.11. The Kier molecular flexibility index (Phi) is 5.88. The summed E-state index contributed by atoms with van der Waals surface area (Å²) < 4.78 is 18.5. The molecule has 1 aromatic rings. The smallest absolute Gasteiger partial charge is 0.141 e. The average Bonchev–Trinajstić information content (AvgIpc) is 2.96. The highest BCUT2D eigenvalue weighted by atomic mass is 19.1. The lowest BCUT2D eigenvalue weighted by molar-refractivity contribution is 0.0738. The van der Waals surface area contributed by atoms with Gasteiger partial charge in [0.05, 0.1) is 18.0 Å². The van der Waals surface area contributed by atoms with E-state index in [1.54, 1.807) is 6.07 Å². The second-order valence-corrected chi connectivity index (χ2v) is 5.32. The van der Waals surface area contributed by atoms with Crippen molar-refractivity contribution in [2.75, 3.05) is 26.2 Å². The summed E-state index contributed by atoms with van der Waals surface area (Å²) in [6.45, 7) is 5.91. The highest BCUT2D eigenvalue weighted by molar-refractivity contribution is 5.09. The van der Waals surface area contributed by atoms with E-state index in [0.717, 1.165) is 44.8 Å². The third-order valence-electron chi connectivity index (χ3n) is 3.82. The molecule has 0 spiro atoms. The molecule has 0 bridgehead atoms. The Bertz CT molecular complexity index is 393. The number of hydrogen-bond donors (Lipinski definition) is 1. The normalized spacial score (nSPS) is 20.5. The predicted molar refractivity (Wildman–Crippen MR) is 76.8 cm³/mol. The molecule has 1 aliphatic heterocycles. The number of nitrogens with zero attached hydrogens (tertiary/aromatic N) is 2. The number of aromatic nitrogens is 1. The van der Waals surface area contributed by atoms with Gasteiger partial charge in [0.15, 0.2) is 0 Å². The first-order valence-electron chi connectivity index (χ1n) is 7.40. The average molecular weight is 281 g/mol. The Hall–Kier alpha value is -1.04. The first-order chi connectivity index (χ1) is 9.69. The third-order valence-corrected chi connectivity index (χ3v) is 3.82. The van der Waals surface area contributed by atoms with E-state index in [9.17, 15) is 4.39 Å². The molecule has 1 saturated heterocycles. The lowest BCUT2D eigenvalue weighted by Gasteiger charge is -2.24. The second-order valence-electron chi connectivity index (χ2n) is 5.32. The van der Waals surface area contributed by atoms with Gasteiger partial charge >= 0.3 is 0 Å². The fourth-order valence-electron chi connectivity index (χ4n) is 2.53. The van der Waals surface area contributed by atoms with E-state index >= 15 is 0 Å². The summed E-state index contributed by atoms with van der Waals surface area (Å²) in [5, 5.41) is 0. The highest BCUT2D eigenvalue weighted by Crippen LogP contribution is 2.16. The fourth-order valence-corrected chi connectivity index (χ4v) is 2.53. The van der Waals surface area contributed by atoms with E-state index in [1.165, 1.54) is 18.7 Å². The van der Waals surface area contributed by atoms with Gasteiger partial charge in [0.25, 0.3) is 0 Å². The van der Waals surface area contributed by atoms with Crippen LogP contribution in [0.3, 0.4) is 0 Å². The zero-order chi connectivity index (χ0) is 14.4. The van der Waals surface area contributed by atoms with E-state index < -0.39 is 0 Å². The van der Waals surface area contributed by atoms with Crippen molar-refractivity contribution in [3.8, 4) is 0 Å². The van der Waals surface area contributed by atoms with E-state index in [0.29, 0.717) is 6.10 Å². The van der Waals surface area contributed by atoms with Crippen LogP contribution in [0, 0.1) is 5.82 Å². The number of likely N-dealkylation sites (N-methyl/N-ethyl adjacent to an activating group) is 1. The van der Waals surface area contributed by atoms with Crippen molar-refractivity contribution in [2.45, 2.75) is 38.3 Å². The standard InChI is InChI=1S/C15H24FN3O/c1-2-19(11-13-4-3-9-20-13)8-7-14(17)15-6-5-12(16)10-18-15/h5-6,10,13-14H,2-4,7-9,11,17H2,1H3. The molecule has 0 aliphatic carbocycles. The van der Waals surface area contributed by atoms with Gasteiger partial charge in [-0.1, -0.05) is 6.92 Å². The highest BCUT2D eigenvalue weighted by Gasteiger charge is 2.19. The van der Waals surface area contributed by atoms with Gasteiger partial charge in [-0.25, -0.2) is 4.39 Å². The van der Waals surface area contributed by atoms with E-state index in [-0.39, 0.29) is 11.9 Å². The summed E-state index contributed by atoms with van der Waals surface area (Å²) >= 11 is 0. The van der Waals surface area contributed by atoms with Gasteiger partial charge in [0.1, 0.15) is 5.82 Å². The maximum absolute atomic E-state index is 12.8. The molecular weight excluding hydrogens is 257 g/mol. The minimum atomic E-state index is -0.325. The van der Waals surface area contributed by atoms with E-state index in [1.807, 2.05) is 0 Å². The molecule has 2 heterocycles. The fraction of sp³-hybridized carbons (Fsp3) is 0.667. The third kappa shape index (κ3) is 4.51. The second kappa shape index (κ2) is 7.67. The van der Waals surface area contributed by atoms with Crippen LogP contribution in [-0.4, -0.2) is 42.2 Å². The summed E-state index contributed by atoms with van der Waals surface area (Å²) in [5.41, 5.74) is 6.86. The Labute approximate surface area is 120 Å². The van der Waals surface area contributed by atoms with Gasteiger partial charge in [-0.2, -0.15) is 0 Å². The number of hydrogen-bond acceptors (Lipinski definition) is 4. The van der Waals surface area contributed by atoms with Gasteiger partial charge in [0.2, 0.25) is 0 Å². The molecule has 1 aliphatic rings. The molecule has 1 fully saturated rings. The molecule has 20 heavy (non-hydrogen) atoms. The van der Waals surface area contributed by atoms with Crippen LogP contribution in [0.15, 0.2) is 18.3 Å². The first kappa shape index (κ1) is 15.4. The van der Waals surface area contributed by atoms with E-state index in [2.05, 4.69) is 16.8 Å². The van der Waals surface area contributed by atoms with Gasteiger partial charge < -0.3 is 15.4 Å². The molecule has 0 radical (unpaired) electrons. The molecule has 2 atom stereocenters. The largest absolute Gasteiger partial charge is 0.377 e. The van der Waals surface area contributed by atoms with Crippen LogP contribution in [0.4, 0.5) is 4.39 Å². The molecule has 0 aromatic carbocycles. The zero-order valence-electron chi connectivity index (χ0n) is 12.1. The van der Waals surface area contributed by atoms with Crippen molar-refractivity contribution in [1.82, 2.24) is 9.88 Å². The van der Waals surface area contributed by atoms with Gasteiger partial charge in [-0.3, -0.25) is 4.98 Å². The maximum atomic E-state index is 12.8. The molecule has 0 amide bonds. The summed E-state index contributed by atoms with van der Waals surface area (Å²) in [5.74, 6) is -0.325. The van der Waals surface area contributed by atoms with Crippen LogP contribution < -0.4 is 5.73 Å². The summed E-state index contributed by atoms with van der Waals surface area (Å²) in [6.07, 6.45) is 4.73. The topological polar surface area (TPSA) is 51.4 Å². The summed E-state index contributed by atoms with van der Waals surface area (Å²) in [7, 11) is 0. The molecule has 5 heteroatoms. The molecule has 1 aromatic heterocycles. The van der Waals surface area contributed by atoms with Crippen molar-refractivity contribution in [1.29, 1.82) is 0 Å². The molecular formula is C15H24FN3O. The minimum absolute atomic E-state index is 0.144. The molecule has 2 unspecified atom stereocenters. The maximum Gasteiger partial charge on any atom is 0.141 e. The molecule has 0 saturated carbocycles. The van der Waals surface area contributed by atoms with Gasteiger partial charge in [-0.05, 0) is 37.9 Å². The van der Waals surface area contributed by atoms with E-state index in [4.69, 9.17) is 10.5 Å². The number of ether oxygens (including phenoxy) is 1. The van der Waals surface area contributed by atoms with Crippen LogP contribution >= 0.6 is 0 Å². The summed E-state index contributed by atoms with van der Waals surface area (Å²) in [4.78, 5) is 6.40. The molecule has 2 N–H and O–H groups in total. The van der Waals surface area contributed by atoms with Crippen molar-refractivity contribution < 1.29 is 9.13 Å². The number of nitrogens with two attached hydrogens (primary N) is 1. The number of rotatable bonds is 7. The Morgan fingerprint density at radius 3 is 3.00 bits per heavy atom. The molecule has 4 nitrogen and oxygen atoms in total. The monoisotopic (exact) mass is 281 g/mol. The van der Waals surface area contributed by atoms with Crippen molar-refractivity contribution in [3.05, 3.63) is 29.8 Å². The lowest BCUT2D eigenvalue weighted by atomic mass is 10.1. The van der Waals surface area contributed by atoms with Crippen molar-refractivity contribution in [3.63, 3.8) is 0 Å².